The third kappa shape index (κ3) is 3.28. The molecule has 0 saturated carbocycles. The maximum Gasteiger partial charge on any atom is 0.330 e. The average molecular weight is 358 g/mol. The molecule has 0 radical (unpaired) electrons. The molecule has 0 bridgehead atoms. The highest BCUT2D eigenvalue weighted by atomic mass is 79.9. The molecule has 0 atom stereocenters. The van der Waals surface area contributed by atoms with Crippen molar-refractivity contribution in [3.05, 3.63) is 53.4 Å². The summed E-state index contributed by atoms with van der Waals surface area (Å²) in [4.78, 5) is 26.8. The van der Waals surface area contributed by atoms with Crippen molar-refractivity contribution in [1.82, 2.24) is 14.0 Å². The first-order chi connectivity index (χ1) is 9.38. The van der Waals surface area contributed by atoms with Gasteiger partial charge in [-0.05, 0) is 29.0 Å². The van der Waals surface area contributed by atoms with Gasteiger partial charge in [-0.3, -0.25) is 18.8 Å². The van der Waals surface area contributed by atoms with Gasteiger partial charge in [0, 0.05) is 53.7 Å². The predicted molar refractivity (Wildman–Crippen MR) is 84.1 cm³/mol. The summed E-state index contributed by atoms with van der Waals surface area (Å²) in [5, 5.41) is 2.04. The first kappa shape index (κ1) is 15.2. The Morgan fingerprint density at radius 3 is 2.50 bits per heavy atom. The molecule has 0 saturated heterocycles. The van der Waals surface area contributed by atoms with Gasteiger partial charge < -0.3 is 0 Å². The summed E-state index contributed by atoms with van der Waals surface area (Å²) < 4.78 is 3.70. The number of hydrogen-bond acceptors (Lipinski definition) is 4. The van der Waals surface area contributed by atoms with Crippen molar-refractivity contribution in [1.29, 1.82) is 0 Å². The Balaban J connectivity index is 2.18. The second-order valence-corrected chi connectivity index (χ2v) is 6.69. The number of rotatable bonds is 4. The normalized spacial score (nSPS) is 11.2. The van der Waals surface area contributed by atoms with Crippen molar-refractivity contribution < 1.29 is 0 Å². The highest BCUT2D eigenvalue weighted by Crippen LogP contribution is 2.21. The van der Waals surface area contributed by atoms with E-state index in [9.17, 15) is 9.59 Å². The van der Waals surface area contributed by atoms with Gasteiger partial charge in [0.15, 0.2) is 0 Å². The molecule has 0 aliphatic carbocycles. The Morgan fingerprint density at radius 1 is 1.20 bits per heavy atom. The van der Waals surface area contributed by atoms with Crippen LogP contribution in [0.15, 0.2) is 31.6 Å². The number of halogens is 1. The van der Waals surface area contributed by atoms with Crippen LogP contribution in [0.1, 0.15) is 10.6 Å². The van der Waals surface area contributed by atoms with E-state index in [1.165, 1.54) is 22.6 Å². The smallest absolute Gasteiger partial charge is 0.299 e. The van der Waals surface area contributed by atoms with Crippen LogP contribution in [0, 0.1) is 0 Å². The largest absolute Gasteiger partial charge is 0.330 e. The van der Waals surface area contributed by atoms with Gasteiger partial charge >= 0.3 is 5.69 Å². The van der Waals surface area contributed by atoms with Gasteiger partial charge in [-0.15, -0.1) is 11.3 Å². The van der Waals surface area contributed by atoms with Crippen LogP contribution in [0.3, 0.4) is 0 Å². The maximum absolute atomic E-state index is 11.9. The summed E-state index contributed by atoms with van der Waals surface area (Å²) in [5.74, 6) is 0. The summed E-state index contributed by atoms with van der Waals surface area (Å²) >= 11 is 5.11. The molecule has 0 spiro atoms. The predicted octanol–water partition coefficient (Wildman–Crippen LogP) is 1.54. The SMILES string of the molecule is CN(Cc1cc(Br)cs1)Cc1cc(=O)n(C)c(=O)n1C. The zero-order valence-electron chi connectivity index (χ0n) is 11.6. The van der Waals surface area contributed by atoms with Crippen LogP contribution in [-0.2, 0) is 27.2 Å². The van der Waals surface area contributed by atoms with E-state index in [2.05, 4.69) is 26.9 Å². The molecule has 2 rings (SSSR count). The van der Waals surface area contributed by atoms with Crippen LogP contribution in [0.2, 0.25) is 0 Å². The first-order valence-electron chi connectivity index (χ1n) is 6.06. The molecule has 0 aliphatic heterocycles. The summed E-state index contributed by atoms with van der Waals surface area (Å²) in [6, 6.07) is 3.59. The Hall–Kier alpha value is -1.18. The molecule has 0 aromatic carbocycles. The maximum atomic E-state index is 11.9. The summed E-state index contributed by atoms with van der Waals surface area (Å²) in [6.07, 6.45) is 0. The van der Waals surface area contributed by atoms with Crippen LogP contribution in [0.5, 0.6) is 0 Å². The molecule has 20 heavy (non-hydrogen) atoms. The lowest BCUT2D eigenvalue weighted by atomic mass is 10.3. The van der Waals surface area contributed by atoms with Crippen LogP contribution < -0.4 is 11.2 Å². The number of aromatic nitrogens is 2. The zero-order chi connectivity index (χ0) is 14.9. The monoisotopic (exact) mass is 357 g/mol. The van der Waals surface area contributed by atoms with E-state index in [0.717, 1.165) is 21.3 Å². The lowest BCUT2D eigenvalue weighted by molar-refractivity contribution is 0.311. The molecule has 2 aromatic heterocycles. The van der Waals surface area contributed by atoms with Gasteiger partial charge in [0.05, 0.1) is 0 Å². The topological polar surface area (TPSA) is 47.2 Å². The van der Waals surface area contributed by atoms with Crippen LogP contribution in [-0.4, -0.2) is 21.1 Å². The third-order valence-electron chi connectivity index (χ3n) is 3.10. The van der Waals surface area contributed by atoms with Crippen molar-refractivity contribution in [2.75, 3.05) is 7.05 Å². The van der Waals surface area contributed by atoms with Gasteiger partial charge in [-0.2, -0.15) is 0 Å². The molecular weight excluding hydrogens is 342 g/mol. The molecule has 0 unspecified atom stereocenters. The minimum Gasteiger partial charge on any atom is -0.299 e. The van der Waals surface area contributed by atoms with Gasteiger partial charge in [-0.25, -0.2) is 4.79 Å². The van der Waals surface area contributed by atoms with E-state index in [1.807, 2.05) is 12.4 Å². The fourth-order valence-electron chi connectivity index (χ4n) is 1.97. The Kier molecular flexibility index (Phi) is 4.62. The van der Waals surface area contributed by atoms with Crippen molar-refractivity contribution in [3.8, 4) is 0 Å². The van der Waals surface area contributed by atoms with Crippen molar-refractivity contribution in [2.24, 2.45) is 14.1 Å². The number of hydrogen-bond donors (Lipinski definition) is 0. The van der Waals surface area contributed by atoms with E-state index in [1.54, 1.807) is 18.4 Å². The van der Waals surface area contributed by atoms with Crippen molar-refractivity contribution >= 4 is 27.3 Å². The van der Waals surface area contributed by atoms with Crippen LogP contribution >= 0.6 is 27.3 Å². The highest BCUT2D eigenvalue weighted by Gasteiger charge is 2.09. The first-order valence-corrected chi connectivity index (χ1v) is 7.73. The quantitative estimate of drug-likeness (QED) is 0.833. The summed E-state index contributed by atoms with van der Waals surface area (Å²) in [6.45, 7) is 1.33. The fourth-order valence-corrected chi connectivity index (χ4v) is 3.50. The Morgan fingerprint density at radius 2 is 1.90 bits per heavy atom. The lowest BCUT2D eigenvalue weighted by Gasteiger charge is -2.17. The number of thiophene rings is 1. The van der Waals surface area contributed by atoms with Gasteiger partial charge in [0.1, 0.15) is 0 Å². The van der Waals surface area contributed by atoms with Crippen molar-refractivity contribution in [3.63, 3.8) is 0 Å². The van der Waals surface area contributed by atoms with E-state index in [4.69, 9.17) is 0 Å². The molecule has 2 aromatic rings. The van der Waals surface area contributed by atoms with Gasteiger partial charge in [-0.1, -0.05) is 0 Å². The standard InChI is InChI=1S/C13H16BrN3O2S/c1-15(7-11-4-9(14)8-20-11)6-10-5-12(18)17(3)13(19)16(10)2/h4-5,8H,6-7H2,1-3H3. The molecule has 7 heteroatoms. The molecule has 2 heterocycles. The van der Waals surface area contributed by atoms with E-state index < -0.39 is 0 Å². The van der Waals surface area contributed by atoms with Crippen molar-refractivity contribution in [2.45, 2.75) is 13.1 Å². The minimum absolute atomic E-state index is 0.268. The van der Waals surface area contributed by atoms with E-state index >= 15 is 0 Å². The van der Waals surface area contributed by atoms with E-state index in [-0.39, 0.29) is 11.2 Å². The third-order valence-corrected chi connectivity index (χ3v) is 4.79. The Bertz CT molecular complexity index is 732. The molecule has 0 N–H and O–H groups in total. The van der Waals surface area contributed by atoms with Gasteiger partial charge in [0.2, 0.25) is 0 Å². The van der Waals surface area contributed by atoms with Gasteiger partial charge in [0.25, 0.3) is 5.56 Å². The van der Waals surface area contributed by atoms with E-state index in [0.29, 0.717) is 6.54 Å². The molecular formula is C13H16BrN3O2S. The lowest BCUT2D eigenvalue weighted by Crippen LogP contribution is -2.39. The summed E-state index contributed by atoms with van der Waals surface area (Å²) in [7, 11) is 5.14. The summed E-state index contributed by atoms with van der Waals surface area (Å²) in [5.41, 5.74) is 0.159. The Labute approximate surface area is 129 Å². The zero-order valence-corrected chi connectivity index (χ0v) is 14.0. The second-order valence-electron chi connectivity index (χ2n) is 4.78. The average Bonchev–Trinajstić information content (AvgIpc) is 2.78. The highest BCUT2D eigenvalue weighted by molar-refractivity contribution is 9.10. The molecule has 108 valence electrons. The van der Waals surface area contributed by atoms with Crippen LogP contribution in [0.4, 0.5) is 0 Å². The second kappa shape index (κ2) is 6.07. The molecule has 0 fully saturated rings. The number of nitrogens with zero attached hydrogens (tertiary/aromatic N) is 3. The molecule has 0 amide bonds. The molecule has 0 aliphatic rings. The fraction of sp³-hybridized carbons (Fsp3) is 0.385. The minimum atomic E-state index is -0.292. The molecule has 5 nitrogen and oxygen atoms in total. The van der Waals surface area contributed by atoms with Crippen LogP contribution in [0.25, 0.3) is 0 Å².